The number of thiophene rings is 1. The molecule has 0 aliphatic rings. The van der Waals surface area contributed by atoms with Gasteiger partial charge in [0.1, 0.15) is 16.4 Å². The first-order valence-electron chi connectivity index (χ1n) is 8.01. The molecule has 6 nitrogen and oxygen atoms in total. The second-order valence-electron chi connectivity index (χ2n) is 6.24. The lowest BCUT2D eigenvalue weighted by atomic mass is 10.1. The summed E-state index contributed by atoms with van der Waals surface area (Å²) in [6.45, 7) is 8.16. The van der Waals surface area contributed by atoms with Gasteiger partial charge in [-0.05, 0) is 31.5 Å². The quantitative estimate of drug-likeness (QED) is 0.664. The fraction of sp³-hybridized carbons (Fsp3) is 0.389. The predicted octanol–water partition coefficient (Wildman–Crippen LogP) is 3.63. The Morgan fingerprint density at radius 2 is 2.08 bits per heavy atom. The number of rotatable bonds is 4. The van der Waals surface area contributed by atoms with Gasteiger partial charge in [-0.3, -0.25) is 9.36 Å². The number of esters is 1. The molecule has 0 aliphatic carbocycles. The Bertz CT molecular complexity index is 1010. The normalized spacial score (nSPS) is 11.4. The molecule has 0 atom stereocenters. The molecule has 3 aromatic rings. The number of carbonyl (C=O) groups excluding carboxylic acids is 1. The summed E-state index contributed by atoms with van der Waals surface area (Å²) in [7, 11) is 1.30. The van der Waals surface area contributed by atoms with Crippen molar-refractivity contribution in [1.82, 2.24) is 9.55 Å². The van der Waals surface area contributed by atoms with E-state index < -0.39 is 5.97 Å². The molecule has 0 aliphatic heterocycles. The SMILES string of the molecule is COC(=O)c1ccc(Cn2c(C(C)C)nc3sc(C)c(C)c3c2=O)o1. The summed E-state index contributed by atoms with van der Waals surface area (Å²) in [4.78, 5) is 31.2. The molecule has 0 aromatic carbocycles. The lowest BCUT2D eigenvalue weighted by molar-refractivity contribution is 0.0563. The molecule has 0 N–H and O–H groups in total. The van der Waals surface area contributed by atoms with E-state index in [9.17, 15) is 9.59 Å². The van der Waals surface area contributed by atoms with Crippen LogP contribution in [-0.4, -0.2) is 22.6 Å². The maximum absolute atomic E-state index is 13.1. The molecule has 3 aromatic heterocycles. The summed E-state index contributed by atoms with van der Waals surface area (Å²) >= 11 is 1.54. The fourth-order valence-corrected chi connectivity index (χ4v) is 3.79. The largest absolute Gasteiger partial charge is 0.463 e. The van der Waals surface area contributed by atoms with E-state index in [0.717, 1.165) is 15.3 Å². The van der Waals surface area contributed by atoms with E-state index in [1.807, 2.05) is 27.7 Å². The van der Waals surface area contributed by atoms with Crippen LogP contribution in [0.2, 0.25) is 0 Å². The van der Waals surface area contributed by atoms with Crippen LogP contribution in [0.3, 0.4) is 0 Å². The maximum Gasteiger partial charge on any atom is 0.373 e. The van der Waals surface area contributed by atoms with Crippen LogP contribution in [0.1, 0.15) is 52.3 Å². The molecule has 7 heteroatoms. The summed E-state index contributed by atoms with van der Waals surface area (Å²) in [6, 6.07) is 3.23. The molecule has 3 heterocycles. The third-order valence-corrected chi connectivity index (χ3v) is 5.30. The summed E-state index contributed by atoms with van der Waals surface area (Å²) in [6.07, 6.45) is 0. The lowest BCUT2D eigenvalue weighted by Gasteiger charge is -2.14. The standard InChI is InChI=1S/C18H20N2O4S/c1-9(2)15-19-16-14(10(3)11(4)25-16)17(21)20(15)8-12-6-7-13(24-12)18(22)23-5/h6-7,9H,8H2,1-5H3. The number of methoxy groups -OCH3 is 1. The Hall–Kier alpha value is -2.41. The van der Waals surface area contributed by atoms with Crippen molar-refractivity contribution in [2.75, 3.05) is 7.11 Å². The van der Waals surface area contributed by atoms with Gasteiger partial charge in [0, 0.05) is 10.8 Å². The maximum atomic E-state index is 13.1. The van der Waals surface area contributed by atoms with Crippen LogP contribution in [0.25, 0.3) is 10.2 Å². The topological polar surface area (TPSA) is 74.3 Å². The van der Waals surface area contributed by atoms with E-state index in [-0.39, 0.29) is 23.8 Å². The predicted molar refractivity (Wildman–Crippen MR) is 96.6 cm³/mol. The third kappa shape index (κ3) is 3.00. The van der Waals surface area contributed by atoms with Crippen LogP contribution in [0.5, 0.6) is 0 Å². The van der Waals surface area contributed by atoms with Crippen LogP contribution < -0.4 is 5.56 Å². The van der Waals surface area contributed by atoms with E-state index in [0.29, 0.717) is 17.0 Å². The summed E-state index contributed by atoms with van der Waals surface area (Å²) in [5, 5.41) is 0.659. The first-order chi connectivity index (χ1) is 11.8. The zero-order chi connectivity index (χ0) is 18.3. The van der Waals surface area contributed by atoms with Crippen molar-refractivity contribution in [1.29, 1.82) is 0 Å². The highest BCUT2D eigenvalue weighted by Gasteiger charge is 2.20. The molecule has 0 spiro atoms. The van der Waals surface area contributed by atoms with Gasteiger partial charge in [-0.2, -0.15) is 0 Å². The van der Waals surface area contributed by atoms with E-state index in [2.05, 4.69) is 4.74 Å². The van der Waals surface area contributed by atoms with Gasteiger partial charge in [-0.15, -0.1) is 11.3 Å². The summed E-state index contributed by atoms with van der Waals surface area (Å²) in [5.41, 5.74) is 0.891. The molecule has 3 rings (SSSR count). The summed E-state index contributed by atoms with van der Waals surface area (Å²) < 4.78 is 11.8. The highest BCUT2D eigenvalue weighted by molar-refractivity contribution is 7.18. The van der Waals surface area contributed by atoms with Gasteiger partial charge in [-0.25, -0.2) is 9.78 Å². The van der Waals surface area contributed by atoms with Crippen molar-refractivity contribution in [3.8, 4) is 0 Å². The van der Waals surface area contributed by atoms with Crippen LogP contribution >= 0.6 is 11.3 Å². The Labute approximate surface area is 149 Å². The van der Waals surface area contributed by atoms with E-state index >= 15 is 0 Å². The number of ether oxygens (including phenoxy) is 1. The monoisotopic (exact) mass is 360 g/mol. The Morgan fingerprint density at radius 3 is 2.72 bits per heavy atom. The van der Waals surface area contributed by atoms with Crippen LogP contribution in [0.15, 0.2) is 21.3 Å². The van der Waals surface area contributed by atoms with Crippen LogP contribution in [0.4, 0.5) is 0 Å². The number of hydrogen-bond acceptors (Lipinski definition) is 6. The second kappa shape index (κ2) is 6.48. The van der Waals surface area contributed by atoms with E-state index in [1.165, 1.54) is 7.11 Å². The molecule has 132 valence electrons. The molecule has 0 amide bonds. The fourth-order valence-electron chi connectivity index (χ4n) is 2.77. The molecule has 0 radical (unpaired) electrons. The first-order valence-corrected chi connectivity index (χ1v) is 8.82. The van der Waals surface area contributed by atoms with Gasteiger partial charge < -0.3 is 9.15 Å². The number of carbonyl (C=O) groups is 1. The average Bonchev–Trinajstić information content (AvgIpc) is 3.14. The van der Waals surface area contributed by atoms with Gasteiger partial charge in [0.2, 0.25) is 5.76 Å². The lowest BCUT2D eigenvalue weighted by Crippen LogP contribution is -2.26. The van der Waals surface area contributed by atoms with Crippen molar-refractivity contribution >= 4 is 27.5 Å². The number of aryl methyl sites for hydroxylation is 2. The van der Waals surface area contributed by atoms with Crippen molar-refractivity contribution in [3.63, 3.8) is 0 Å². The second-order valence-corrected chi connectivity index (χ2v) is 7.44. The van der Waals surface area contributed by atoms with Crippen LogP contribution in [-0.2, 0) is 11.3 Å². The van der Waals surface area contributed by atoms with Crippen LogP contribution in [0, 0.1) is 13.8 Å². The van der Waals surface area contributed by atoms with Gasteiger partial charge in [-0.1, -0.05) is 13.8 Å². The van der Waals surface area contributed by atoms with Crippen molar-refractivity contribution in [3.05, 3.63) is 50.3 Å². The van der Waals surface area contributed by atoms with Gasteiger partial charge in [0.15, 0.2) is 0 Å². The molecule has 25 heavy (non-hydrogen) atoms. The first kappa shape index (κ1) is 17.4. The Balaban J connectivity index is 2.14. The number of hydrogen-bond donors (Lipinski definition) is 0. The number of fused-ring (bicyclic) bond motifs is 1. The number of furan rings is 1. The molecule has 0 saturated carbocycles. The molecule has 0 bridgehead atoms. The van der Waals surface area contributed by atoms with E-state index in [1.54, 1.807) is 28.0 Å². The summed E-state index contributed by atoms with van der Waals surface area (Å²) in [5.74, 6) is 0.869. The number of nitrogens with zero attached hydrogens (tertiary/aromatic N) is 2. The van der Waals surface area contributed by atoms with Crippen molar-refractivity contribution in [2.24, 2.45) is 0 Å². The average molecular weight is 360 g/mol. The Kier molecular flexibility index (Phi) is 4.51. The van der Waals surface area contributed by atoms with Gasteiger partial charge in [0.25, 0.3) is 5.56 Å². The minimum Gasteiger partial charge on any atom is -0.463 e. The molecule has 0 saturated heterocycles. The molecule has 0 fully saturated rings. The highest BCUT2D eigenvalue weighted by Crippen LogP contribution is 2.28. The minimum absolute atomic E-state index is 0.0773. The zero-order valence-corrected chi connectivity index (χ0v) is 15.7. The molecular weight excluding hydrogens is 340 g/mol. The van der Waals surface area contributed by atoms with Gasteiger partial charge in [0.05, 0.1) is 19.0 Å². The minimum atomic E-state index is -0.541. The van der Waals surface area contributed by atoms with Gasteiger partial charge >= 0.3 is 5.97 Å². The highest BCUT2D eigenvalue weighted by atomic mass is 32.1. The number of aromatic nitrogens is 2. The Morgan fingerprint density at radius 1 is 1.36 bits per heavy atom. The zero-order valence-electron chi connectivity index (χ0n) is 14.9. The molecular formula is C18H20N2O4S. The third-order valence-electron chi connectivity index (χ3n) is 4.20. The van der Waals surface area contributed by atoms with E-state index in [4.69, 9.17) is 9.40 Å². The smallest absolute Gasteiger partial charge is 0.373 e. The molecule has 0 unspecified atom stereocenters. The van der Waals surface area contributed by atoms with Crippen molar-refractivity contribution < 1.29 is 13.9 Å². The van der Waals surface area contributed by atoms with Crippen molar-refractivity contribution in [2.45, 2.75) is 40.2 Å².